The molecule has 0 heterocycles. The molecule has 18 heavy (non-hydrogen) atoms. The number of ether oxygens (including phenoxy) is 1. The Balaban J connectivity index is 1.58. The lowest BCUT2D eigenvalue weighted by Crippen LogP contribution is -2.40. The molecule has 3 nitrogen and oxygen atoms in total. The first-order valence-corrected chi connectivity index (χ1v) is 7.65. The quantitative estimate of drug-likeness (QED) is 0.763. The van der Waals surface area contributed by atoms with E-state index in [2.05, 4.69) is 11.4 Å². The Morgan fingerprint density at radius 2 is 1.72 bits per heavy atom. The van der Waals surface area contributed by atoms with E-state index in [1.807, 2.05) is 0 Å². The maximum atomic E-state index is 9.10. The Labute approximate surface area is 111 Å². The molecule has 0 radical (unpaired) electrons. The van der Waals surface area contributed by atoms with Gasteiger partial charge in [-0.1, -0.05) is 32.1 Å². The van der Waals surface area contributed by atoms with Crippen molar-refractivity contribution in [3.8, 4) is 6.07 Å². The van der Waals surface area contributed by atoms with Gasteiger partial charge >= 0.3 is 0 Å². The van der Waals surface area contributed by atoms with E-state index in [1.54, 1.807) is 0 Å². The molecule has 0 spiro atoms. The fourth-order valence-electron chi connectivity index (χ4n) is 3.23. The van der Waals surface area contributed by atoms with Gasteiger partial charge in [0, 0.05) is 12.6 Å². The van der Waals surface area contributed by atoms with Crippen molar-refractivity contribution < 1.29 is 4.74 Å². The van der Waals surface area contributed by atoms with E-state index < -0.39 is 0 Å². The lowest BCUT2D eigenvalue weighted by Gasteiger charge is -2.28. The molecule has 0 saturated heterocycles. The van der Waals surface area contributed by atoms with Crippen LogP contribution < -0.4 is 5.32 Å². The van der Waals surface area contributed by atoms with Crippen LogP contribution in [0.15, 0.2) is 0 Å². The highest BCUT2D eigenvalue weighted by Gasteiger charge is 2.24. The van der Waals surface area contributed by atoms with Gasteiger partial charge in [-0.25, -0.2) is 0 Å². The largest absolute Gasteiger partial charge is 0.377 e. The molecular weight excluding hydrogens is 224 g/mol. The third-order valence-electron chi connectivity index (χ3n) is 4.35. The topological polar surface area (TPSA) is 45.0 Å². The fourth-order valence-corrected chi connectivity index (χ4v) is 3.23. The van der Waals surface area contributed by atoms with Crippen LogP contribution in [0.5, 0.6) is 0 Å². The van der Waals surface area contributed by atoms with Gasteiger partial charge in [0.2, 0.25) is 0 Å². The van der Waals surface area contributed by atoms with Crippen LogP contribution in [0.3, 0.4) is 0 Å². The maximum absolute atomic E-state index is 9.10. The zero-order valence-electron chi connectivity index (χ0n) is 11.4. The molecule has 3 heteroatoms. The monoisotopic (exact) mass is 250 g/mol. The summed E-state index contributed by atoms with van der Waals surface area (Å²) in [4.78, 5) is 0. The van der Waals surface area contributed by atoms with Crippen LogP contribution in [0.2, 0.25) is 0 Å². The van der Waals surface area contributed by atoms with E-state index in [9.17, 15) is 0 Å². The molecular formula is C15H26N2O. The molecule has 0 aromatic rings. The van der Waals surface area contributed by atoms with Gasteiger partial charge in [-0.3, -0.25) is 0 Å². The number of hydrogen-bond acceptors (Lipinski definition) is 3. The SMILES string of the molecule is N#CC1CCCCC1NCCOC1CCCCC1. The third-order valence-corrected chi connectivity index (χ3v) is 4.35. The average molecular weight is 250 g/mol. The predicted octanol–water partition coefficient (Wildman–Crippen LogP) is 3.01. The van der Waals surface area contributed by atoms with Gasteiger partial charge in [-0.05, 0) is 25.7 Å². The first kappa shape index (κ1) is 13.8. The van der Waals surface area contributed by atoms with Crippen molar-refractivity contribution in [1.82, 2.24) is 5.32 Å². The lowest BCUT2D eigenvalue weighted by molar-refractivity contribution is 0.0284. The van der Waals surface area contributed by atoms with Crippen LogP contribution in [0.25, 0.3) is 0 Å². The minimum Gasteiger partial charge on any atom is -0.377 e. The highest BCUT2D eigenvalue weighted by molar-refractivity contribution is 4.94. The first-order chi connectivity index (χ1) is 8.90. The normalized spacial score (nSPS) is 29.9. The summed E-state index contributed by atoms with van der Waals surface area (Å²) in [5.41, 5.74) is 0. The summed E-state index contributed by atoms with van der Waals surface area (Å²) in [6.45, 7) is 1.71. The molecule has 0 bridgehead atoms. The van der Waals surface area contributed by atoms with Crippen LogP contribution in [0.1, 0.15) is 57.8 Å². The van der Waals surface area contributed by atoms with Crippen LogP contribution in [-0.2, 0) is 4.74 Å². The van der Waals surface area contributed by atoms with Crippen molar-refractivity contribution in [1.29, 1.82) is 5.26 Å². The molecule has 2 aliphatic rings. The predicted molar refractivity (Wildman–Crippen MR) is 72.2 cm³/mol. The number of nitrogens with one attached hydrogen (secondary N) is 1. The smallest absolute Gasteiger partial charge is 0.0672 e. The summed E-state index contributed by atoms with van der Waals surface area (Å²) < 4.78 is 5.90. The molecule has 1 N–H and O–H groups in total. The molecule has 2 atom stereocenters. The van der Waals surface area contributed by atoms with Crippen LogP contribution in [0, 0.1) is 17.2 Å². The molecule has 2 saturated carbocycles. The van der Waals surface area contributed by atoms with Crippen molar-refractivity contribution in [2.45, 2.75) is 69.9 Å². The Bertz CT molecular complexity index is 268. The highest BCUT2D eigenvalue weighted by Crippen LogP contribution is 2.23. The van der Waals surface area contributed by atoms with E-state index in [0.29, 0.717) is 12.1 Å². The number of hydrogen-bond donors (Lipinski definition) is 1. The molecule has 2 unspecified atom stereocenters. The van der Waals surface area contributed by atoms with E-state index in [-0.39, 0.29) is 5.92 Å². The number of rotatable bonds is 5. The van der Waals surface area contributed by atoms with Gasteiger partial charge in [-0.15, -0.1) is 0 Å². The van der Waals surface area contributed by atoms with Gasteiger partial charge in [0.15, 0.2) is 0 Å². The fraction of sp³-hybridized carbons (Fsp3) is 0.933. The number of nitrogens with zero attached hydrogens (tertiary/aromatic N) is 1. The summed E-state index contributed by atoms with van der Waals surface area (Å²) in [5, 5.41) is 12.6. The van der Waals surface area contributed by atoms with Crippen LogP contribution >= 0.6 is 0 Å². The number of nitriles is 1. The van der Waals surface area contributed by atoms with Crippen molar-refractivity contribution in [2.24, 2.45) is 5.92 Å². The second kappa shape index (κ2) is 7.76. The maximum Gasteiger partial charge on any atom is 0.0672 e. The molecule has 2 rings (SSSR count). The first-order valence-electron chi connectivity index (χ1n) is 7.65. The molecule has 0 aliphatic heterocycles. The third kappa shape index (κ3) is 4.26. The molecule has 0 amide bonds. The van der Waals surface area contributed by atoms with E-state index in [0.717, 1.165) is 26.0 Å². The van der Waals surface area contributed by atoms with Gasteiger partial charge < -0.3 is 10.1 Å². The second-order valence-corrected chi connectivity index (χ2v) is 5.71. The standard InChI is InChI=1S/C15H26N2O/c16-12-13-6-4-5-9-15(13)17-10-11-18-14-7-2-1-3-8-14/h13-15,17H,1-11H2. The molecule has 0 aromatic heterocycles. The minimum absolute atomic E-state index is 0.216. The molecule has 2 aliphatic carbocycles. The highest BCUT2D eigenvalue weighted by atomic mass is 16.5. The van der Waals surface area contributed by atoms with Crippen LogP contribution in [-0.4, -0.2) is 25.3 Å². The summed E-state index contributed by atoms with van der Waals surface area (Å²) >= 11 is 0. The van der Waals surface area contributed by atoms with Gasteiger partial charge in [0.05, 0.1) is 24.7 Å². The Hall–Kier alpha value is -0.590. The summed E-state index contributed by atoms with van der Waals surface area (Å²) in [6.07, 6.45) is 11.7. The lowest BCUT2D eigenvalue weighted by atomic mass is 9.85. The molecule has 0 aromatic carbocycles. The van der Waals surface area contributed by atoms with Gasteiger partial charge in [0.25, 0.3) is 0 Å². The summed E-state index contributed by atoms with van der Waals surface area (Å²) in [7, 11) is 0. The van der Waals surface area contributed by atoms with E-state index >= 15 is 0 Å². The Kier molecular flexibility index (Phi) is 5.96. The summed E-state index contributed by atoms with van der Waals surface area (Å²) in [5.74, 6) is 0.216. The van der Waals surface area contributed by atoms with E-state index in [4.69, 9.17) is 10.00 Å². The van der Waals surface area contributed by atoms with Gasteiger partial charge in [0.1, 0.15) is 0 Å². The van der Waals surface area contributed by atoms with Crippen molar-refractivity contribution in [3.63, 3.8) is 0 Å². The Morgan fingerprint density at radius 3 is 2.50 bits per heavy atom. The van der Waals surface area contributed by atoms with E-state index in [1.165, 1.54) is 44.9 Å². The zero-order valence-corrected chi connectivity index (χ0v) is 11.4. The van der Waals surface area contributed by atoms with Crippen molar-refractivity contribution in [3.05, 3.63) is 0 Å². The van der Waals surface area contributed by atoms with Gasteiger partial charge in [-0.2, -0.15) is 5.26 Å². The van der Waals surface area contributed by atoms with Crippen molar-refractivity contribution >= 4 is 0 Å². The average Bonchev–Trinajstić information content (AvgIpc) is 2.45. The second-order valence-electron chi connectivity index (χ2n) is 5.71. The molecule has 2 fully saturated rings. The molecule has 102 valence electrons. The van der Waals surface area contributed by atoms with Crippen LogP contribution in [0.4, 0.5) is 0 Å². The Morgan fingerprint density at radius 1 is 1.00 bits per heavy atom. The summed E-state index contributed by atoms with van der Waals surface area (Å²) in [6, 6.07) is 2.84. The zero-order chi connectivity index (χ0) is 12.6. The minimum atomic E-state index is 0.216. The van der Waals surface area contributed by atoms with Crippen molar-refractivity contribution in [2.75, 3.05) is 13.2 Å².